The van der Waals surface area contributed by atoms with Gasteiger partial charge < -0.3 is 10.4 Å². The molecular weight excluding hydrogens is 272 g/mol. The van der Waals surface area contributed by atoms with E-state index in [4.69, 9.17) is 5.11 Å². The van der Waals surface area contributed by atoms with Crippen molar-refractivity contribution in [1.82, 2.24) is 9.97 Å². The average molecular weight is 279 g/mol. The molecule has 0 atom stereocenters. The van der Waals surface area contributed by atoms with Crippen LogP contribution < -0.4 is 5.32 Å². The van der Waals surface area contributed by atoms with Crippen LogP contribution in [0.2, 0.25) is 0 Å². The van der Waals surface area contributed by atoms with E-state index in [2.05, 4.69) is 15.3 Å². The van der Waals surface area contributed by atoms with Gasteiger partial charge in [-0.2, -0.15) is 4.39 Å². The molecule has 0 saturated heterocycles. The molecule has 0 saturated carbocycles. The maximum atomic E-state index is 13.3. The molecule has 2 aromatic heterocycles. The van der Waals surface area contributed by atoms with Crippen LogP contribution in [0.25, 0.3) is 0 Å². The molecule has 0 aromatic carbocycles. The average Bonchev–Trinajstić information content (AvgIpc) is 2.42. The number of nitrogens with zero attached hydrogens (tertiary/aromatic N) is 2. The van der Waals surface area contributed by atoms with E-state index in [1.54, 1.807) is 0 Å². The summed E-state index contributed by atoms with van der Waals surface area (Å²) in [5.74, 6) is -4.85. The Bertz CT molecular complexity index is 674. The maximum absolute atomic E-state index is 13.3. The second-order valence-electron chi connectivity index (χ2n) is 3.65. The molecule has 0 aliphatic carbocycles. The molecule has 2 heterocycles. The molecule has 0 aliphatic heterocycles. The van der Waals surface area contributed by atoms with Gasteiger partial charge in [-0.25, -0.2) is 19.2 Å². The molecule has 1 amide bonds. The second-order valence-corrected chi connectivity index (χ2v) is 3.65. The van der Waals surface area contributed by atoms with Gasteiger partial charge in [-0.3, -0.25) is 4.79 Å². The molecule has 0 bridgehead atoms. The van der Waals surface area contributed by atoms with Crippen LogP contribution >= 0.6 is 0 Å². The summed E-state index contributed by atoms with van der Waals surface area (Å²) in [7, 11) is 0. The summed E-state index contributed by atoms with van der Waals surface area (Å²) >= 11 is 0. The van der Waals surface area contributed by atoms with Crippen molar-refractivity contribution in [1.29, 1.82) is 0 Å². The Morgan fingerprint density at radius 3 is 2.50 bits per heavy atom. The van der Waals surface area contributed by atoms with Crippen LogP contribution in [0.5, 0.6) is 0 Å². The van der Waals surface area contributed by atoms with E-state index >= 15 is 0 Å². The number of hydrogen-bond acceptors (Lipinski definition) is 4. The van der Waals surface area contributed by atoms with Crippen LogP contribution in [-0.2, 0) is 0 Å². The molecule has 0 radical (unpaired) electrons. The fraction of sp³-hybridized carbons (Fsp3) is 0. The Hall–Kier alpha value is -2.90. The lowest BCUT2D eigenvalue weighted by atomic mass is 10.2. The van der Waals surface area contributed by atoms with Gasteiger partial charge in [0, 0.05) is 6.20 Å². The van der Waals surface area contributed by atoms with Gasteiger partial charge in [-0.1, -0.05) is 0 Å². The third-order valence-corrected chi connectivity index (χ3v) is 2.33. The van der Waals surface area contributed by atoms with E-state index in [9.17, 15) is 18.4 Å². The van der Waals surface area contributed by atoms with Gasteiger partial charge in [-0.05, 0) is 18.2 Å². The molecule has 6 nitrogen and oxygen atoms in total. The lowest BCUT2D eigenvalue weighted by Gasteiger charge is -2.06. The van der Waals surface area contributed by atoms with E-state index in [1.807, 2.05) is 0 Å². The lowest BCUT2D eigenvalue weighted by Crippen LogP contribution is -2.15. The Morgan fingerprint density at radius 1 is 1.15 bits per heavy atom. The van der Waals surface area contributed by atoms with Gasteiger partial charge in [-0.15, -0.1) is 0 Å². The number of carbonyl (C=O) groups excluding carboxylic acids is 1. The number of nitrogens with one attached hydrogen (secondary N) is 1. The van der Waals surface area contributed by atoms with Crippen molar-refractivity contribution < 1.29 is 23.5 Å². The largest absolute Gasteiger partial charge is 0.477 e. The zero-order chi connectivity index (χ0) is 14.7. The number of halogens is 2. The number of anilines is 1. The van der Waals surface area contributed by atoms with Crippen LogP contribution in [0.15, 0.2) is 30.6 Å². The lowest BCUT2D eigenvalue weighted by molar-refractivity contribution is 0.0690. The predicted molar refractivity (Wildman–Crippen MR) is 63.3 cm³/mol. The van der Waals surface area contributed by atoms with Crippen molar-refractivity contribution in [3.8, 4) is 0 Å². The van der Waals surface area contributed by atoms with E-state index < -0.39 is 29.2 Å². The Kier molecular flexibility index (Phi) is 3.65. The predicted octanol–water partition coefficient (Wildman–Crippen LogP) is 1.71. The highest BCUT2D eigenvalue weighted by atomic mass is 19.2. The maximum Gasteiger partial charge on any atom is 0.354 e. The number of amides is 1. The molecule has 2 aromatic rings. The molecule has 0 fully saturated rings. The molecule has 0 unspecified atom stereocenters. The van der Waals surface area contributed by atoms with Gasteiger partial charge in [0.05, 0.1) is 17.4 Å². The number of hydrogen-bond donors (Lipinski definition) is 2. The summed E-state index contributed by atoms with van der Waals surface area (Å²) in [5.41, 5.74) is -0.569. The third-order valence-electron chi connectivity index (χ3n) is 2.33. The normalized spacial score (nSPS) is 10.1. The number of carbonyl (C=O) groups is 2. The van der Waals surface area contributed by atoms with E-state index in [0.29, 0.717) is 0 Å². The van der Waals surface area contributed by atoms with Crippen LogP contribution in [-0.4, -0.2) is 27.0 Å². The van der Waals surface area contributed by atoms with Gasteiger partial charge in [0.1, 0.15) is 5.69 Å². The monoisotopic (exact) mass is 279 g/mol. The van der Waals surface area contributed by atoms with E-state index in [1.165, 1.54) is 12.1 Å². The highest BCUT2D eigenvalue weighted by molar-refractivity contribution is 6.04. The fourth-order valence-corrected chi connectivity index (χ4v) is 1.39. The van der Waals surface area contributed by atoms with Crippen molar-refractivity contribution in [3.63, 3.8) is 0 Å². The summed E-state index contributed by atoms with van der Waals surface area (Å²) in [4.78, 5) is 28.9. The second kappa shape index (κ2) is 5.39. The molecule has 0 spiro atoms. The Balaban J connectivity index is 2.19. The molecule has 8 heteroatoms. The van der Waals surface area contributed by atoms with E-state index in [0.717, 1.165) is 18.5 Å². The van der Waals surface area contributed by atoms with Crippen molar-refractivity contribution in [2.24, 2.45) is 0 Å². The summed E-state index contributed by atoms with van der Waals surface area (Å²) < 4.78 is 26.2. The molecule has 2 rings (SSSR count). The number of carboxylic acid groups (broad SMARTS) is 1. The number of pyridine rings is 2. The minimum absolute atomic E-state index is 0.150. The third kappa shape index (κ3) is 2.74. The molecule has 20 heavy (non-hydrogen) atoms. The van der Waals surface area contributed by atoms with Crippen LogP contribution in [0, 0.1) is 11.8 Å². The van der Waals surface area contributed by atoms with Crippen LogP contribution in [0.1, 0.15) is 20.8 Å². The zero-order valence-electron chi connectivity index (χ0n) is 9.80. The van der Waals surface area contributed by atoms with Gasteiger partial charge in [0.2, 0.25) is 5.95 Å². The first-order valence-electron chi connectivity index (χ1n) is 5.29. The first-order chi connectivity index (χ1) is 9.49. The quantitative estimate of drug-likeness (QED) is 0.834. The summed E-state index contributed by atoms with van der Waals surface area (Å²) in [6.45, 7) is 0. The number of aromatic nitrogens is 2. The summed E-state index contributed by atoms with van der Waals surface area (Å²) in [6.07, 6.45) is 2.05. The topological polar surface area (TPSA) is 92.2 Å². The van der Waals surface area contributed by atoms with Crippen molar-refractivity contribution in [2.45, 2.75) is 0 Å². The van der Waals surface area contributed by atoms with Crippen molar-refractivity contribution in [2.75, 3.05) is 5.32 Å². The zero-order valence-corrected chi connectivity index (χ0v) is 9.80. The minimum Gasteiger partial charge on any atom is -0.477 e. The Morgan fingerprint density at radius 2 is 1.90 bits per heavy atom. The number of carboxylic acids is 1. The molecular formula is C12H7F2N3O3. The Labute approximate surface area is 111 Å². The van der Waals surface area contributed by atoms with E-state index in [-0.39, 0.29) is 11.4 Å². The minimum atomic E-state index is -1.38. The molecule has 0 aliphatic rings. The highest BCUT2D eigenvalue weighted by Gasteiger charge is 2.16. The molecule has 2 N–H and O–H groups in total. The van der Waals surface area contributed by atoms with Gasteiger partial charge in [0.25, 0.3) is 5.91 Å². The first-order valence-corrected chi connectivity index (χ1v) is 5.29. The number of rotatable bonds is 3. The number of aromatic carboxylic acids is 1. The first kappa shape index (κ1) is 13.5. The SMILES string of the molecule is O=C(O)c1ccc(NC(=O)c2ccnc(F)c2F)cn1. The van der Waals surface area contributed by atoms with Gasteiger partial charge in [0.15, 0.2) is 5.82 Å². The van der Waals surface area contributed by atoms with Crippen molar-refractivity contribution >= 4 is 17.6 Å². The summed E-state index contributed by atoms with van der Waals surface area (Å²) in [6, 6.07) is 3.47. The van der Waals surface area contributed by atoms with Crippen molar-refractivity contribution in [3.05, 3.63) is 53.6 Å². The summed E-state index contributed by atoms with van der Waals surface area (Å²) in [5, 5.41) is 10.9. The highest BCUT2D eigenvalue weighted by Crippen LogP contribution is 2.12. The fourth-order valence-electron chi connectivity index (χ4n) is 1.39. The molecule has 102 valence electrons. The van der Waals surface area contributed by atoms with Crippen LogP contribution in [0.4, 0.5) is 14.5 Å². The standard InChI is InChI=1S/C12H7F2N3O3/c13-9-7(3-4-15-10(9)14)11(18)17-6-1-2-8(12(19)20)16-5-6/h1-5H,(H,17,18)(H,19,20). The van der Waals surface area contributed by atoms with Gasteiger partial charge >= 0.3 is 5.97 Å². The van der Waals surface area contributed by atoms with Crippen LogP contribution in [0.3, 0.4) is 0 Å². The smallest absolute Gasteiger partial charge is 0.354 e.